The van der Waals surface area contributed by atoms with E-state index >= 15 is 0 Å². The Morgan fingerprint density at radius 1 is 0.517 bits per heavy atom. The van der Waals surface area contributed by atoms with Crippen LogP contribution in [0.4, 0.5) is 0 Å². The van der Waals surface area contributed by atoms with Crippen LogP contribution in [0.5, 0.6) is 0 Å². The number of aryl methyl sites for hydroxylation is 1. The summed E-state index contributed by atoms with van der Waals surface area (Å²) in [5, 5.41) is 4.55. The molecule has 284 valence electrons. The molecule has 1 atom stereocenters. The van der Waals surface area contributed by atoms with Crippen LogP contribution in [0.15, 0.2) is 192 Å². The Bertz CT molecular complexity index is 3400. The van der Waals surface area contributed by atoms with E-state index in [1.165, 1.54) is 38.6 Å². The third kappa shape index (κ3) is 5.65. The Morgan fingerprint density at radius 2 is 1.20 bits per heavy atom. The molecule has 0 amide bonds. The number of benzene rings is 8. The monoisotopic (exact) mass is 770 g/mol. The number of fused-ring (bicyclic) bond motifs is 10. The standard InChI is InChI=1S/C55H38N4O/c1-4-15-35(16-5-1)33-39-28-27-37-30-32-48-51(50(37)44-22-11-10-21-41(39)44)46-23-12-13-26-47(46)59(48)55-57-53(38-19-8-3-9-20-38)56-54(58-55)40-29-31-43-45-25-14-24-42(36-17-6-2-7-18-36)52(45)60-49(43)34-40/h1-26,29-32,34,39H,27-28,33H2. The fourth-order valence-electron chi connectivity index (χ4n) is 9.60. The van der Waals surface area contributed by atoms with Crippen molar-refractivity contribution >= 4 is 43.7 Å². The summed E-state index contributed by atoms with van der Waals surface area (Å²) in [7, 11) is 0. The molecule has 5 nitrogen and oxygen atoms in total. The van der Waals surface area contributed by atoms with Gasteiger partial charge in [0, 0.05) is 38.2 Å². The van der Waals surface area contributed by atoms with Crippen LogP contribution in [0.2, 0.25) is 0 Å². The van der Waals surface area contributed by atoms with Crippen molar-refractivity contribution in [1.82, 2.24) is 19.5 Å². The van der Waals surface area contributed by atoms with Crippen LogP contribution in [0, 0.1) is 0 Å². The molecule has 0 radical (unpaired) electrons. The Labute approximate surface area is 347 Å². The maximum atomic E-state index is 6.69. The van der Waals surface area contributed by atoms with Gasteiger partial charge >= 0.3 is 0 Å². The molecule has 11 aromatic rings. The molecule has 1 aliphatic carbocycles. The van der Waals surface area contributed by atoms with Gasteiger partial charge < -0.3 is 4.42 Å². The molecular formula is C55H38N4O. The summed E-state index contributed by atoms with van der Waals surface area (Å²) in [6.07, 6.45) is 3.10. The molecular weight excluding hydrogens is 733 g/mol. The lowest BCUT2D eigenvalue weighted by Gasteiger charge is -2.18. The average Bonchev–Trinajstić information content (AvgIpc) is 3.81. The molecule has 1 unspecified atom stereocenters. The number of rotatable bonds is 6. The van der Waals surface area contributed by atoms with E-state index in [2.05, 4.69) is 168 Å². The minimum absolute atomic E-state index is 0.410. The van der Waals surface area contributed by atoms with Crippen LogP contribution < -0.4 is 0 Å². The van der Waals surface area contributed by atoms with E-state index in [1.807, 2.05) is 24.3 Å². The molecule has 5 heteroatoms. The van der Waals surface area contributed by atoms with E-state index in [9.17, 15) is 0 Å². The van der Waals surface area contributed by atoms with Crippen LogP contribution in [-0.4, -0.2) is 19.5 Å². The molecule has 60 heavy (non-hydrogen) atoms. The van der Waals surface area contributed by atoms with Gasteiger partial charge in [-0.2, -0.15) is 9.97 Å². The molecule has 0 N–H and O–H groups in total. The van der Waals surface area contributed by atoms with Gasteiger partial charge in [-0.1, -0.05) is 164 Å². The van der Waals surface area contributed by atoms with Gasteiger partial charge in [-0.3, -0.25) is 4.57 Å². The SMILES string of the molecule is c1ccc(CC2CCc3ccc4c(c3-c3ccccc32)c2ccccc2n4-c2nc(-c3ccccc3)nc(-c3ccc4c(c3)oc3c(-c5ccccc5)cccc34)n2)cc1. The van der Waals surface area contributed by atoms with Gasteiger partial charge in [0.25, 0.3) is 0 Å². The van der Waals surface area contributed by atoms with E-state index in [0.29, 0.717) is 23.5 Å². The number of hydrogen-bond acceptors (Lipinski definition) is 4. The lowest BCUT2D eigenvalue weighted by molar-refractivity contribution is 0.629. The van der Waals surface area contributed by atoms with Crippen molar-refractivity contribution in [2.75, 3.05) is 0 Å². The zero-order valence-corrected chi connectivity index (χ0v) is 32.8. The maximum absolute atomic E-state index is 6.69. The van der Waals surface area contributed by atoms with Gasteiger partial charge in [-0.05, 0) is 82.8 Å². The summed E-state index contributed by atoms with van der Waals surface area (Å²) in [6.45, 7) is 0. The summed E-state index contributed by atoms with van der Waals surface area (Å²) >= 11 is 0. The minimum Gasteiger partial charge on any atom is -0.455 e. The molecule has 3 heterocycles. The second-order valence-electron chi connectivity index (χ2n) is 15.9. The highest BCUT2D eigenvalue weighted by Gasteiger charge is 2.27. The fraction of sp³-hybridized carbons (Fsp3) is 0.0727. The highest BCUT2D eigenvalue weighted by atomic mass is 16.3. The molecule has 1 aliphatic rings. The number of aromatic nitrogens is 4. The second-order valence-corrected chi connectivity index (χ2v) is 15.9. The Morgan fingerprint density at radius 3 is 2.03 bits per heavy atom. The maximum Gasteiger partial charge on any atom is 0.238 e. The van der Waals surface area contributed by atoms with Crippen LogP contribution in [0.3, 0.4) is 0 Å². The molecule has 0 spiro atoms. The van der Waals surface area contributed by atoms with Crippen molar-refractivity contribution in [3.8, 4) is 51.0 Å². The van der Waals surface area contributed by atoms with E-state index in [0.717, 1.165) is 74.5 Å². The predicted molar refractivity (Wildman–Crippen MR) is 244 cm³/mol. The highest BCUT2D eigenvalue weighted by Crippen LogP contribution is 2.46. The third-order valence-electron chi connectivity index (χ3n) is 12.4. The summed E-state index contributed by atoms with van der Waals surface area (Å²) < 4.78 is 8.93. The number of furan rings is 1. The van der Waals surface area contributed by atoms with Gasteiger partial charge in [-0.25, -0.2) is 4.98 Å². The van der Waals surface area contributed by atoms with E-state index in [4.69, 9.17) is 19.4 Å². The molecule has 0 fully saturated rings. The van der Waals surface area contributed by atoms with Crippen LogP contribution in [0.1, 0.15) is 29.0 Å². The van der Waals surface area contributed by atoms with E-state index in [1.54, 1.807) is 0 Å². The molecule has 0 saturated carbocycles. The van der Waals surface area contributed by atoms with Crippen molar-refractivity contribution in [2.24, 2.45) is 0 Å². The Hall–Kier alpha value is -7.63. The lowest BCUT2D eigenvalue weighted by atomic mass is 9.86. The molecule has 8 aromatic carbocycles. The highest BCUT2D eigenvalue weighted by molar-refractivity contribution is 6.17. The molecule has 0 saturated heterocycles. The predicted octanol–water partition coefficient (Wildman–Crippen LogP) is 13.8. The molecule has 0 aliphatic heterocycles. The van der Waals surface area contributed by atoms with Gasteiger partial charge in [0.1, 0.15) is 11.2 Å². The first-order valence-corrected chi connectivity index (χ1v) is 20.8. The smallest absolute Gasteiger partial charge is 0.238 e. The van der Waals surface area contributed by atoms with E-state index < -0.39 is 0 Å². The quantitative estimate of drug-likeness (QED) is 0.169. The van der Waals surface area contributed by atoms with E-state index in [-0.39, 0.29) is 0 Å². The third-order valence-corrected chi connectivity index (χ3v) is 12.4. The Kier molecular flexibility index (Phi) is 8.05. The first-order chi connectivity index (χ1) is 29.7. The van der Waals surface area contributed by atoms with Crippen molar-refractivity contribution in [3.05, 3.63) is 205 Å². The number of hydrogen-bond donors (Lipinski definition) is 0. The van der Waals surface area contributed by atoms with Crippen molar-refractivity contribution in [2.45, 2.75) is 25.2 Å². The summed E-state index contributed by atoms with van der Waals surface area (Å²) in [5.41, 5.74) is 14.6. The molecule has 12 rings (SSSR count). The number of para-hydroxylation sites is 2. The summed E-state index contributed by atoms with van der Waals surface area (Å²) in [6, 6.07) is 66.6. The van der Waals surface area contributed by atoms with Gasteiger partial charge in [0.05, 0.1) is 11.0 Å². The fourth-order valence-corrected chi connectivity index (χ4v) is 9.60. The zero-order valence-electron chi connectivity index (χ0n) is 32.8. The normalized spacial score (nSPS) is 13.8. The zero-order chi connectivity index (χ0) is 39.6. The topological polar surface area (TPSA) is 56.7 Å². The van der Waals surface area contributed by atoms with Crippen LogP contribution in [-0.2, 0) is 12.8 Å². The van der Waals surface area contributed by atoms with Crippen LogP contribution >= 0.6 is 0 Å². The van der Waals surface area contributed by atoms with Crippen molar-refractivity contribution < 1.29 is 4.42 Å². The summed E-state index contributed by atoms with van der Waals surface area (Å²) in [5.74, 6) is 2.18. The first kappa shape index (κ1) is 34.4. The van der Waals surface area contributed by atoms with Crippen molar-refractivity contribution in [3.63, 3.8) is 0 Å². The Balaban J connectivity index is 1.06. The minimum atomic E-state index is 0.410. The number of nitrogens with zero attached hydrogens (tertiary/aromatic N) is 4. The lowest BCUT2D eigenvalue weighted by Crippen LogP contribution is -2.06. The van der Waals surface area contributed by atoms with Crippen molar-refractivity contribution in [1.29, 1.82) is 0 Å². The summed E-state index contributed by atoms with van der Waals surface area (Å²) in [4.78, 5) is 15.7. The molecule has 0 bridgehead atoms. The second kappa shape index (κ2) is 14.0. The van der Waals surface area contributed by atoms with Gasteiger partial charge in [0.2, 0.25) is 5.95 Å². The van der Waals surface area contributed by atoms with Gasteiger partial charge in [0.15, 0.2) is 11.6 Å². The molecule has 3 aromatic heterocycles. The van der Waals surface area contributed by atoms with Crippen LogP contribution in [0.25, 0.3) is 94.7 Å². The van der Waals surface area contributed by atoms with Gasteiger partial charge in [-0.15, -0.1) is 0 Å². The largest absolute Gasteiger partial charge is 0.455 e. The average molecular weight is 771 g/mol. The first-order valence-electron chi connectivity index (χ1n) is 20.8.